The lowest BCUT2D eigenvalue weighted by Crippen LogP contribution is -2.19. The minimum absolute atomic E-state index is 0.190. The summed E-state index contributed by atoms with van der Waals surface area (Å²) in [6.07, 6.45) is 1.63. The zero-order chi connectivity index (χ0) is 13.7. The van der Waals surface area contributed by atoms with Crippen LogP contribution in [0, 0.1) is 0 Å². The molecular weight excluding hydrogens is 248 g/mol. The molecule has 0 bridgehead atoms. The van der Waals surface area contributed by atoms with Crippen molar-refractivity contribution < 1.29 is 14.3 Å². The highest BCUT2D eigenvalue weighted by Crippen LogP contribution is 2.12. The zero-order valence-electron chi connectivity index (χ0n) is 10.4. The minimum Gasteiger partial charge on any atom is -0.481 e. The summed E-state index contributed by atoms with van der Waals surface area (Å²) in [7, 11) is 0. The van der Waals surface area contributed by atoms with Crippen molar-refractivity contribution >= 4 is 17.1 Å². The molecule has 2 aromatic rings. The smallest absolute Gasteiger partial charge is 0.417 e. The van der Waals surface area contributed by atoms with Gasteiger partial charge in [-0.05, 0) is 43.6 Å². The largest absolute Gasteiger partial charge is 0.481 e. The van der Waals surface area contributed by atoms with Crippen LogP contribution in [0.1, 0.15) is 18.4 Å². The van der Waals surface area contributed by atoms with Gasteiger partial charge in [-0.3, -0.25) is 9.78 Å². The Bertz CT molecular complexity index is 614. The molecule has 6 nitrogen and oxygen atoms in total. The van der Waals surface area contributed by atoms with Crippen molar-refractivity contribution in [2.75, 3.05) is 13.1 Å². The number of fused-ring (bicyclic) bond motifs is 1. The Balaban J connectivity index is 1.78. The Morgan fingerprint density at radius 2 is 2.21 bits per heavy atom. The number of hydrogen-bond donors (Lipinski definition) is 3. The van der Waals surface area contributed by atoms with E-state index in [0.717, 1.165) is 18.5 Å². The van der Waals surface area contributed by atoms with Crippen molar-refractivity contribution in [3.63, 3.8) is 0 Å². The number of carboxylic acids is 1. The Labute approximate surface area is 109 Å². The molecule has 0 saturated carbocycles. The number of hydrogen-bond acceptors (Lipinski definition) is 4. The van der Waals surface area contributed by atoms with Crippen LogP contribution in [0.15, 0.2) is 27.4 Å². The molecule has 0 fully saturated rings. The molecule has 1 aromatic heterocycles. The lowest BCUT2D eigenvalue weighted by molar-refractivity contribution is -0.137. The van der Waals surface area contributed by atoms with Crippen LogP contribution in [0.2, 0.25) is 0 Å². The quantitative estimate of drug-likeness (QED) is 0.651. The first-order valence-electron chi connectivity index (χ1n) is 6.19. The molecule has 0 radical (unpaired) electrons. The number of aliphatic carboxylic acids is 1. The van der Waals surface area contributed by atoms with Crippen molar-refractivity contribution in [2.24, 2.45) is 0 Å². The first kappa shape index (κ1) is 13.4. The summed E-state index contributed by atoms with van der Waals surface area (Å²) in [6.45, 7) is 1.46. The summed E-state index contributed by atoms with van der Waals surface area (Å²) in [6, 6.07) is 5.57. The Morgan fingerprint density at radius 1 is 1.37 bits per heavy atom. The van der Waals surface area contributed by atoms with E-state index in [-0.39, 0.29) is 6.42 Å². The fourth-order valence-electron chi connectivity index (χ4n) is 1.88. The van der Waals surface area contributed by atoms with Crippen molar-refractivity contribution in [1.29, 1.82) is 0 Å². The van der Waals surface area contributed by atoms with E-state index in [4.69, 9.17) is 9.52 Å². The van der Waals surface area contributed by atoms with E-state index >= 15 is 0 Å². The summed E-state index contributed by atoms with van der Waals surface area (Å²) >= 11 is 0. The minimum atomic E-state index is -0.767. The van der Waals surface area contributed by atoms with E-state index in [0.29, 0.717) is 24.1 Å². The zero-order valence-corrected chi connectivity index (χ0v) is 10.4. The Hall–Kier alpha value is -2.08. The number of benzene rings is 1. The molecule has 102 valence electrons. The van der Waals surface area contributed by atoms with Gasteiger partial charge in [-0.2, -0.15) is 0 Å². The molecule has 0 aliphatic rings. The molecule has 19 heavy (non-hydrogen) atoms. The summed E-state index contributed by atoms with van der Waals surface area (Å²) in [5.74, 6) is -1.21. The Kier molecular flexibility index (Phi) is 4.35. The van der Waals surface area contributed by atoms with Gasteiger partial charge in [-0.1, -0.05) is 6.07 Å². The average molecular weight is 264 g/mol. The summed E-state index contributed by atoms with van der Waals surface area (Å²) in [4.78, 5) is 23.9. The molecule has 0 spiro atoms. The lowest BCUT2D eigenvalue weighted by Gasteiger charge is -2.03. The molecule has 0 aliphatic carbocycles. The second-order valence-electron chi connectivity index (χ2n) is 4.34. The first-order valence-corrected chi connectivity index (χ1v) is 6.19. The summed E-state index contributed by atoms with van der Waals surface area (Å²) < 4.78 is 4.92. The van der Waals surface area contributed by atoms with E-state index < -0.39 is 11.7 Å². The van der Waals surface area contributed by atoms with Gasteiger partial charge in [0.2, 0.25) is 0 Å². The van der Waals surface area contributed by atoms with Crippen LogP contribution in [0.3, 0.4) is 0 Å². The van der Waals surface area contributed by atoms with Crippen molar-refractivity contribution in [1.82, 2.24) is 10.3 Å². The van der Waals surface area contributed by atoms with Gasteiger partial charge >= 0.3 is 11.7 Å². The first-order chi connectivity index (χ1) is 9.15. The van der Waals surface area contributed by atoms with Gasteiger partial charge in [-0.25, -0.2) is 4.79 Å². The van der Waals surface area contributed by atoms with Crippen LogP contribution in [0.5, 0.6) is 0 Å². The van der Waals surface area contributed by atoms with Gasteiger partial charge in [0.25, 0.3) is 0 Å². The van der Waals surface area contributed by atoms with Crippen LogP contribution >= 0.6 is 0 Å². The SMILES string of the molecule is O=C(O)CCCNCCc1ccc2oc(=O)[nH]c2c1. The number of carbonyl (C=O) groups is 1. The van der Waals surface area contributed by atoms with Crippen LogP contribution in [-0.2, 0) is 11.2 Å². The standard InChI is InChI=1S/C13H16N2O4/c16-12(17)2-1-6-14-7-5-9-3-4-11-10(8-9)15-13(18)19-11/h3-4,8,14H,1-2,5-7H2,(H,15,18)(H,16,17). The van der Waals surface area contributed by atoms with Crippen molar-refractivity contribution in [3.05, 3.63) is 34.3 Å². The van der Waals surface area contributed by atoms with Crippen LogP contribution in [-0.4, -0.2) is 29.1 Å². The fraction of sp³-hybridized carbons (Fsp3) is 0.385. The maximum Gasteiger partial charge on any atom is 0.417 e. The second kappa shape index (κ2) is 6.19. The van der Waals surface area contributed by atoms with Gasteiger partial charge in [0, 0.05) is 6.42 Å². The maximum atomic E-state index is 11.0. The molecular formula is C13H16N2O4. The third kappa shape index (κ3) is 3.96. The number of aromatic amines is 1. The fourth-order valence-corrected chi connectivity index (χ4v) is 1.88. The van der Waals surface area contributed by atoms with E-state index in [2.05, 4.69) is 10.3 Å². The van der Waals surface area contributed by atoms with E-state index in [1.807, 2.05) is 12.1 Å². The monoisotopic (exact) mass is 264 g/mol. The molecule has 1 aromatic carbocycles. The third-order valence-electron chi connectivity index (χ3n) is 2.82. The predicted octanol–water partition coefficient (Wildman–Crippen LogP) is 1.12. The third-order valence-corrected chi connectivity index (χ3v) is 2.82. The Morgan fingerprint density at radius 3 is 3.00 bits per heavy atom. The summed E-state index contributed by atoms with van der Waals surface area (Å²) in [5, 5.41) is 11.7. The lowest BCUT2D eigenvalue weighted by atomic mass is 10.1. The van der Waals surface area contributed by atoms with Gasteiger partial charge in [0.15, 0.2) is 5.58 Å². The number of nitrogens with one attached hydrogen (secondary N) is 2. The van der Waals surface area contributed by atoms with Gasteiger partial charge < -0.3 is 14.8 Å². The van der Waals surface area contributed by atoms with Crippen LogP contribution in [0.25, 0.3) is 11.1 Å². The second-order valence-corrected chi connectivity index (χ2v) is 4.34. The summed E-state index contributed by atoms with van der Waals surface area (Å²) in [5.41, 5.74) is 2.35. The number of aromatic nitrogens is 1. The van der Waals surface area contributed by atoms with E-state index in [1.165, 1.54) is 0 Å². The number of oxazole rings is 1. The van der Waals surface area contributed by atoms with Crippen LogP contribution in [0.4, 0.5) is 0 Å². The number of H-pyrrole nitrogens is 1. The number of rotatable bonds is 7. The van der Waals surface area contributed by atoms with E-state index in [1.54, 1.807) is 6.07 Å². The molecule has 3 N–H and O–H groups in total. The molecule has 1 heterocycles. The van der Waals surface area contributed by atoms with Crippen LogP contribution < -0.4 is 11.1 Å². The number of carboxylic acid groups (broad SMARTS) is 1. The molecule has 0 aliphatic heterocycles. The maximum absolute atomic E-state index is 11.0. The highest BCUT2D eigenvalue weighted by Gasteiger charge is 2.02. The normalized spacial score (nSPS) is 10.9. The molecule has 0 unspecified atom stereocenters. The molecule has 2 rings (SSSR count). The molecule has 6 heteroatoms. The topological polar surface area (TPSA) is 95.3 Å². The average Bonchev–Trinajstić information content (AvgIpc) is 2.72. The van der Waals surface area contributed by atoms with Crippen molar-refractivity contribution in [2.45, 2.75) is 19.3 Å². The van der Waals surface area contributed by atoms with Gasteiger partial charge in [-0.15, -0.1) is 0 Å². The predicted molar refractivity (Wildman–Crippen MR) is 70.3 cm³/mol. The highest BCUT2D eigenvalue weighted by molar-refractivity contribution is 5.72. The van der Waals surface area contributed by atoms with Gasteiger partial charge in [0.05, 0.1) is 5.52 Å². The van der Waals surface area contributed by atoms with Gasteiger partial charge in [0.1, 0.15) is 0 Å². The van der Waals surface area contributed by atoms with Crippen molar-refractivity contribution in [3.8, 4) is 0 Å². The highest BCUT2D eigenvalue weighted by atomic mass is 16.4. The van der Waals surface area contributed by atoms with E-state index in [9.17, 15) is 9.59 Å². The molecule has 0 amide bonds. The molecule has 0 atom stereocenters. The molecule has 0 saturated heterocycles.